The summed E-state index contributed by atoms with van der Waals surface area (Å²) in [7, 11) is 0. The van der Waals surface area contributed by atoms with Crippen molar-refractivity contribution in [2.75, 3.05) is 6.54 Å². The molecule has 100 valence electrons. The van der Waals surface area contributed by atoms with Crippen LogP contribution in [-0.2, 0) is 4.79 Å². The molecule has 0 aromatic rings. The van der Waals surface area contributed by atoms with Crippen molar-refractivity contribution >= 4 is 5.97 Å². The molecule has 0 saturated carbocycles. The first-order chi connectivity index (χ1) is 7.80. The molecule has 0 aromatic heterocycles. The van der Waals surface area contributed by atoms with Crippen molar-refractivity contribution in [3.63, 3.8) is 0 Å². The Kier molecular flexibility index (Phi) is 6.95. The second-order valence-corrected chi connectivity index (χ2v) is 4.48. The van der Waals surface area contributed by atoms with Crippen molar-refractivity contribution in [3.05, 3.63) is 12.7 Å². The zero-order valence-electron chi connectivity index (χ0n) is 10.4. The quantitative estimate of drug-likeness (QED) is 0.488. The molecular formula is C12H21F2NO2. The Labute approximate surface area is 101 Å². The lowest BCUT2D eigenvalue weighted by Gasteiger charge is -2.22. The van der Waals surface area contributed by atoms with E-state index < -0.39 is 24.5 Å². The predicted octanol–water partition coefficient (Wildman–Crippen LogP) is 2.68. The summed E-state index contributed by atoms with van der Waals surface area (Å²) in [5.74, 6) is -4.19. The Balaban J connectivity index is 4.13. The number of rotatable bonds is 9. The Hall–Kier alpha value is -0.970. The molecule has 0 radical (unpaired) electrons. The summed E-state index contributed by atoms with van der Waals surface area (Å²) in [5.41, 5.74) is 0. The van der Waals surface area contributed by atoms with Crippen LogP contribution in [0, 0.1) is 5.92 Å². The molecule has 0 heterocycles. The molecule has 0 fully saturated rings. The maximum Gasteiger partial charge on any atom is 0.320 e. The van der Waals surface area contributed by atoms with Gasteiger partial charge in [-0.25, -0.2) is 8.78 Å². The van der Waals surface area contributed by atoms with Gasteiger partial charge in [-0.3, -0.25) is 10.1 Å². The van der Waals surface area contributed by atoms with Gasteiger partial charge in [-0.1, -0.05) is 19.9 Å². The van der Waals surface area contributed by atoms with Gasteiger partial charge in [0.15, 0.2) is 0 Å². The standard InChI is InChI=1S/C12H21F2NO2/c1-4-5-6-7-12(13,14)8-15-10(9(2)3)11(16)17/h4,9-10,15H,1,5-8H2,2-3H3,(H,16,17)/t10-/m0/s1. The Morgan fingerprint density at radius 2 is 2.12 bits per heavy atom. The Morgan fingerprint density at radius 3 is 2.53 bits per heavy atom. The summed E-state index contributed by atoms with van der Waals surface area (Å²) in [4.78, 5) is 10.8. The van der Waals surface area contributed by atoms with Crippen molar-refractivity contribution in [3.8, 4) is 0 Å². The van der Waals surface area contributed by atoms with Crippen LogP contribution in [0.25, 0.3) is 0 Å². The molecule has 0 rings (SSSR count). The molecule has 1 atom stereocenters. The molecular weight excluding hydrogens is 228 g/mol. The number of alkyl halides is 2. The predicted molar refractivity (Wildman–Crippen MR) is 63.3 cm³/mol. The molecule has 0 amide bonds. The number of allylic oxidation sites excluding steroid dienone is 1. The fourth-order valence-corrected chi connectivity index (χ4v) is 1.46. The first kappa shape index (κ1) is 16.0. The lowest BCUT2D eigenvalue weighted by molar-refractivity contribution is -0.141. The van der Waals surface area contributed by atoms with Crippen molar-refractivity contribution in [2.45, 2.75) is 45.1 Å². The van der Waals surface area contributed by atoms with Crippen molar-refractivity contribution in [1.29, 1.82) is 0 Å². The third-order valence-corrected chi connectivity index (χ3v) is 2.46. The van der Waals surface area contributed by atoms with Gasteiger partial charge in [0, 0.05) is 6.42 Å². The first-order valence-corrected chi connectivity index (χ1v) is 5.75. The van der Waals surface area contributed by atoms with Crippen molar-refractivity contribution in [2.24, 2.45) is 5.92 Å². The van der Waals surface area contributed by atoms with Crippen LogP contribution >= 0.6 is 0 Å². The van der Waals surface area contributed by atoms with E-state index in [-0.39, 0.29) is 12.3 Å². The molecule has 0 aliphatic heterocycles. The van der Waals surface area contributed by atoms with E-state index in [1.165, 1.54) is 0 Å². The maximum atomic E-state index is 13.3. The highest BCUT2D eigenvalue weighted by Gasteiger charge is 2.31. The van der Waals surface area contributed by atoms with Gasteiger partial charge in [0.05, 0.1) is 6.54 Å². The van der Waals surface area contributed by atoms with E-state index in [9.17, 15) is 13.6 Å². The second kappa shape index (κ2) is 7.37. The Bertz CT molecular complexity index is 255. The number of carboxylic acids is 1. The minimum Gasteiger partial charge on any atom is -0.480 e. The topological polar surface area (TPSA) is 49.3 Å². The Morgan fingerprint density at radius 1 is 1.53 bits per heavy atom. The normalized spacial score (nSPS) is 13.7. The zero-order chi connectivity index (χ0) is 13.5. The van der Waals surface area contributed by atoms with Gasteiger partial charge in [-0.2, -0.15) is 0 Å². The molecule has 0 aromatic carbocycles. The van der Waals surface area contributed by atoms with Crippen LogP contribution in [0.1, 0.15) is 33.1 Å². The van der Waals surface area contributed by atoms with Gasteiger partial charge in [0.2, 0.25) is 0 Å². The van der Waals surface area contributed by atoms with Crippen LogP contribution < -0.4 is 5.32 Å². The van der Waals surface area contributed by atoms with Crippen LogP contribution in [0.4, 0.5) is 8.78 Å². The van der Waals surface area contributed by atoms with Gasteiger partial charge in [0.25, 0.3) is 5.92 Å². The minimum atomic E-state index is -2.87. The minimum absolute atomic E-state index is 0.225. The van der Waals surface area contributed by atoms with Crippen LogP contribution in [0.3, 0.4) is 0 Å². The summed E-state index contributed by atoms with van der Waals surface area (Å²) >= 11 is 0. The average molecular weight is 249 g/mol. The molecule has 0 aliphatic carbocycles. The number of hydrogen-bond acceptors (Lipinski definition) is 2. The summed E-state index contributed by atoms with van der Waals surface area (Å²) < 4.78 is 26.7. The highest BCUT2D eigenvalue weighted by atomic mass is 19.3. The molecule has 3 nitrogen and oxygen atoms in total. The second-order valence-electron chi connectivity index (χ2n) is 4.48. The summed E-state index contributed by atoms with van der Waals surface area (Å²) in [6.07, 6.45) is 2.24. The van der Waals surface area contributed by atoms with Crippen LogP contribution in [0.2, 0.25) is 0 Å². The fraction of sp³-hybridized carbons (Fsp3) is 0.750. The molecule has 0 bridgehead atoms. The molecule has 0 unspecified atom stereocenters. The number of nitrogens with one attached hydrogen (secondary N) is 1. The van der Waals surface area contributed by atoms with Gasteiger partial charge < -0.3 is 5.11 Å². The number of unbranched alkanes of at least 4 members (excludes halogenated alkanes) is 1. The van der Waals surface area contributed by atoms with Gasteiger partial charge in [-0.05, 0) is 18.8 Å². The van der Waals surface area contributed by atoms with E-state index >= 15 is 0 Å². The lowest BCUT2D eigenvalue weighted by Crippen LogP contribution is -2.46. The number of aliphatic carboxylic acids is 1. The highest BCUT2D eigenvalue weighted by Crippen LogP contribution is 2.21. The van der Waals surface area contributed by atoms with Gasteiger partial charge in [-0.15, -0.1) is 6.58 Å². The third kappa shape index (κ3) is 7.05. The molecule has 0 saturated heterocycles. The number of halogens is 2. The summed E-state index contributed by atoms with van der Waals surface area (Å²) in [6.45, 7) is 6.23. The molecule has 0 spiro atoms. The number of hydrogen-bond donors (Lipinski definition) is 2. The average Bonchev–Trinajstić information content (AvgIpc) is 2.16. The van der Waals surface area contributed by atoms with E-state index in [4.69, 9.17) is 5.11 Å². The van der Waals surface area contributed by atoms with Crippen LogP contribution in [-0.4, -0.2) is 29.6 Å². The summed E-state index contributed by atoms with van der Waals surface area (Å²) in [6, 6.07) is -0.930. The van der Waals surface area contributed by atoms with Crippen molar-refractivity contribution in [1.82, 2.24) is 5.32 Å². The lowest BCUT2D eigenvalue weighted by atomic mass is 10.0. The SMILES string of the molecule is C=CCCCC(F)(F)CN[C@H](C(=O)O)C(C)C. The van der Waals surface area contributed by atoms with E-state index in [0.29, 0.717) is 12.8 Å². The van der Waals surface area contributed by atoms with Gasteiger partial charge >= 0.3 is 5.97 Å². The number of carboxylic acid groups (broad SMARTS) is 1. The number of carbonyl (C=O) groups is 1. The molecule has 5 heteroatoms. The van der Waals surface area contributed by atoms with E-state index in [1.807, 2.05) is 0 Å². The fourth-order valence-electron chi connectivity index (χ4n) is 1.46. The molecule has 17 heavy (non-hydrogen) atoms. The first-order valence-electron chi connectivity index (χ1n) is 5.75. The van der Waals surface area contributed by atoms with Gasteiger partial charge in [0.1, 0.15) is 6.04 Å². The monoisotopic (exact) mass is 249 g/mol. The van der Waals surface area contributed by atoms with Crippen LogP contribution in [0.15, 0.2) is 12.7 Å². The largest absolute Gasteiger partial charge is 0.480 e. The van der Waals surface area contributed by atoms with Crippen LogP contribution in [0.5, 0.6) is 0 Å². The molecule has 2 N–H and O–H groups in total. The highest BCUT2D eigenvalue weighted by molar-refractivity contribution is 5.73. The maximum absolute atomic E-state index is 13.3. The van der Waals surface area contributed by atoms with E-state index in [2.05, 4.69) is 11.9 Å². The van der Waals surface area contributed by atoms with E-state index in [0.717, 1.165) is 0 Å². The third-order valence-electron chi connectivity index (χ3n) is 2.46. The molecule has 0 aliphatic rings. The smallest absolute Gasteiger partial charge is 0.320 e. The van der Waals surface area contributed by atoms with E-state index in [1.54, 1.807) is 19.9 Å². The summed E-state index contributed by atoms with van der Waals surface area (Å²) in [5, 5.41) is 11.2. The van der Waals surface area contributed by atoms with Crippen molar-refractivity contribution < 1.29 is 18.7 Å². The zero-order valence-corrected chi connectivity index (χ0v) is 10.4.